The number of aryl methyl sites for hydroxylation is 1. The van der Waals surface area contributed by atoms with Gasteiger partial charge in [-0.25, -0.2) is 13.4 Å². The summed E-state index contributed by atoms with van der Waals surface area (Å²) in [6, 6.07) is -0.192. The zero-order valence-electron chi connectivity index (χ0n) is 16.1. The van der Waals surface area contributed by atoms with Gasteiger partial charge in [0.05, 0.1) is 25.8 Å². The molecule has 0 N–H and O–H groups in total. The number of rotatable bonds is 6. The Morgan fingerprint density at radius 1 is 1.33 bits per heavy atom. The average molecular weight is 400 g/mol. The number of morpholine rings is 1. The van der Waals surface area contributed by atoms with Crippen molar-refractivity contribution >= 4 is 15.9 Å². The third kappa shape index (κ3) is 5.28. The Balaban J connectivity index is 1.65. The molecule has 0 saturated carbocycles. The standard InChI is InChI=1S/C17H29N5O4S/c1-19-13-16(18-14-19)17(23)21-5-3-4-15(12-21)22(27(2,24)25)7-6-20-8-10-26-11-9-20/h13-15H,3-12H2,1-2H3. The Hall–Kier alpha value is -1.49. The molecule has 0 spiro atoms. The van der Waals surface area contributed by atoms with Crippen LogP contribution in [0.4, 0.5) is 0 Å². The molecule has 9 nitrogen and oxygen atoms in total. The number of amides is 1. The second-order valence-electron chi connectivity index (χ2n) is 7.30. The van der Waals surface area contributed by atoms with E-state index in [0.29, 0.717) is 45.1 Å². The van der Waals surface area contributed by atoms with E-state index in [9.17, 15) is 13.2 Å². The van der Waals surface area contributed by atoms with Gasteiger partial charge in [-0.05, 0) is 12.8 Å². The van der Waals surface area contributed by atoms with Crippen LogP contribution in [0.15, 0.2) is 12.5 Å². The van der Waals surface area contributed by atoms with E-state index in [1.54, 1.807) is 26.3 Å². The number of ether oxygens (including phenoxy) is 1. The zero-order valence-corrected chi connectivity index (χ0v) is 16.9. The van der Waals surface area contributed by atoms with Gasteiger partial charge in [-0.1, -0.05) is 0 Å². The monoisotopic (exact) mass is 399 g/mol. The lowest BCUT2D eigenvalue weighted by Crippen LogP contribution is -2.53. The topological polar surface area (TPSA) is 88.0 Å². The summed E-state index contributed by atoms with van der Waals surface area (Å²) in [4.78, 5) is 20.8. The number of hydrogen-bond acceptors (Lipinski definition) is 6. The zero-order chi connectivity index (χ0) is 19.4. The number of carbonyl (C=O) groups excluding carboxylic acids is 1. The minimum Gasteiger partial charge on any atom is -0.379 e. The molecule has 0 aliphatic carbocycles. The van der Waals surface area contributed by atoms with Gasteiger partial charge in [-0.3, -0.25) is 9.69 Å². The second-order valence-corrected chi connectivity index (χ2v) is 9.23. The van der Waals surface area contributed by atoms with Gasteiger partial charge >= 0.3 is 0 Å². The van der Waals surface area contributed by atoms with Crippen LogP contribution in [0.25, 0.3) is 0 Å². The van der Waals surface area contributed by atoms with Gasteiger partial charge in [-0.15, -0.1) is 0 Å². The van der Waals surface area contributed by atoms with Crippen LogP contribution in [0.3, 0.4) is 0 Å². The van der Waals surface area contributed by atoms with E-state index in [1.807, 2.05) is 7.05 Å². The van der Waals surface area contributed by atoms with E-state index in [4.69, 9.17) is 4.74 Å². The van der Waals surface area contributed by atoms with Gasteiger partial charge in [0.2, 0.25) is 10.0 Å². The molecule has 0 radical (unpaired) electrons. The largest absolute Gasteiger partial charge is 0.379 e. The molecule has 1 atom stereocenters. The molecular formula is C17H29N5O4S. The van der Waals surface area contributed by atoms with Gasteiger partial charge in [0, 0.05) is 58.6 Å². The van der Waals surface area contributed by atoms with Crippen molar-refractivity contribution in [2.45, 2.75) is 18.9 Å². The maximum Gasteiger partial charge on any atom is 0.274 e. The van der Waals surface area contributed by atoms with Crippen LogP contribution in [0.5, 0.6) is 0 Å². The number of imidazole rings is 1. The van der Waals surface area contributed by atoms with Crippen molar-refractivity contribution in [3.05, 3.63) is 18.2 Å². The molecule has 2 aliphatic heterocycles. The molecule has 1 aromatic heterocycles. The fraction of sp³-hybridized carbons (Fsp3) is 0.765. The molecule has 27 heavy (non-hydrogen) atoms. The first-order chi connectivity index (χ1) is 12.8. The number of hydrogen-bond donors (Lipinski definition) is 0. The SMILES string of the molecule is Cn1cnc(C(=O)N2CCCC(N(CCN3CCOCC3)S(C)(=O)=O)C2)c1. The molecule has 3 rings (SSSR count). The first kappa shape index (κ1) is 20.2. The average Bonchev–Trinajstić information content (AvgIpc) is 3.08. The lowest BCUT2D eigenvalue weighted by atomic mass is 10.1. The van der Waals surface area contributed by atoms with E-state index in [-0.39, 0.29) is 11.9 Å². The van der Waals surface area contributed by atoms with Crippen molar-refractivity contribution in [3.8, 4) is 0 Å². The Bertz CT molecular complexity index is 744. The number of likely N-dealkylation sites (tertiary alicyclic amines) is 1. The number of carbonyl (C=O) groups is 1. The Labute approximate surface area is 160 Å². The van der Waals surface area contributed by atoms with Crippen molar-refractivity contribution in [3.63, 3.8) is 0 Å². The van der Waals surface area contributed by atoms with Crippen LogP contribution in [0.2, 0.25) is 0 Å². The van der Waals surface area contributed by atoms with Crippen molar-refractivity contribution < 1.29 is 17.9 Å². The summed E-state index contributed by atoms with van der Waals surface area (Å²) in [6.07, 6.45) is 6.10. The summed E-state index contributed by atoms with van der Waals surface area (Å²) in [7, 11) is -1.54. The summed E-state index contributed by atoms with van der Waals surface area (Å²) < 4.78 is 33.5. The van der Waals surface area contributed by atoms with E-state index in [0.717, 1.165) is 25.9 Å². The summed E-state index contributed by atoms with van der Waals surface area (Å²) in [5, 5.41) is 0. The predicted octanol–water partition coefficient (Wildman–Crippen LogP) is -0.381. The molecule has 0 bridgehead atoms. The van der Waals surface area contributed by atoms with Gasteiger partial charge < -0.3 is 14.2 Å². The minimum atomic E-state index is -3.36. The molecule has 2 aliphatic rings. The smallest absolute Gasteiger partial charge is 0.274 e. The van der Waals surface area contributed by atoms with Crippen LogP contribution in [0, 0.1) is 0 Å². The third-order valence-corrected chi connectivity index (χ3v) is 6.51. The van der Waals surface area contributed by atoms with E-state index in [1.165, 1.54) is 6.26 Å². The maximum absolute atomic E-state index is 12.7. The van der Waals surface area contributed by atoms with Gasteiger partial charge in [0.15, 0.2) is 0 Å². The molecule has 2 saturated heterocycles. The second kappa shape index (κ2) is 8.68. The summed E-state index contributed by atoms with van der Waals surface area (Å²) >= 11 is 0. The number of piperidine rings is 1. The lowest BCUT2D eigenvalue weighted by molar-refractivity contribution is 0.0334. The quantitative estimate of drug-likeness (QED) is 0.648. The Kier molecular flexibility index (Phi) is 6.51. The first-order valence-corrected chi connectivity index (χ1v) is 11.2. The van der Waals surface area contributed by atoms with E-state index >= 15 is 0 Å². The number of nitrogens with zero attached hydrogens (tertiary/aromatic N) is 5. The third-order valence-electron chi connectivity index (χ3n) is 5.18. The van der Waals surface area contributed by atoms with Crippen LogP contribution >= 0.6 is 0 Å². The highest BCUT2D eigenvalue weighted by atomic mass is 32.2. The highest BCUT2D eigenvalue weighted by Gasteiger charge is 2.33. The molecule has 1 aromatic rings. The summed E-state index contributed by atoms with van der Waals surface area (Å²) in [5.74, 6) is -0.137. The molecule has 1 amide bonds. The molecule has 0 aromatic carbocycles. The Morgan fingerprint density at radius 2 is 2.07 bits per heavy atom. The molecule has 3 heterocycles. The maximum atomic E-state index is 12.7. The molecule has 1 unspecified atom stereocenters. The highest BCUT2D eigenvalue weighted by Crippen LogP contribution is 2.20. The molecule has 152 valence electrons. The minimum absolute atomic E-state index is 0.137. The van der Waals surface area contributed by atoms with Crippen LogP contribution in [-0.2, 0) is 21.8 Å². The predicted molar refractivity (Wildman–Crippen MR) is 101 cm³/mol. The van der Waals surface area contributed by atoms with Crippen LogP contribution in [-0.4, -0.2) is 103 Å². The molecular weight excluding hydrogens is 370 g/mol. The van der Waals surface area contributed by atoms with Gasteiger partial charge in [0.25, 0.3) is 5.91 Å². The number of aromatic nitrogens is 2. The van der Waals surface area contributed by atoms with Gasteiger partial charge in [0.1, 0.15) is 5.69 Å². The first-order valence-electron chi connectivity index (χ1n) is 9.39. The number of sulfonamides is 1. The Morgan fingerprint density at radius 3 is 2.70 bits per heavy atom. The normalized spacial score (nSPS) is 22.3. The summed E-state index contributed by atoms with van der Waals surface area (Å²) in [5.41, 5.74) is 0.400. The summed E-state index contributed by atoms with van der Waals surface area (Å²) in [6.45, 7) is 5.19. The van der Waals surface area contributed by atoms with Crippen LogP contribution < -0.4 is 0 Å². The lowest BCUT2D eigenvalue weighted by Gasteiger charge is -2.39. The molecule has 10 heteroatoms. The van der Waals surface area contributed by atoms with Crippen molar-refractivity contribution in [2.24, 2.45) is 7.05 Å². The fourth-order valence-electron chi connectivity index (χ4n) is 3.74. The van der Waals surface area contributed by atoms with E-state index < -0.39 is 10.0 Å². The fourth-order valence-corrected chi connectivity index (χ4v) is 4.87. The van der Waals surface area contributed by atoms with Crippen molar-refractivity contribution in [1.82, 2.24) is 23.7 Å². The van der Waals surface area contributed by atoms with Crippen LogP contribution in [0.1, 0.15) is 23.3 Å². The highest BCUT2D eigenvalue weighted by molar-refractivity contribution is 7.88. The van der Waals surface area contributed by atoms with Gasteiger partial charge in [-0.2, -0.15) is 4.31 Å². The molecule has 2 fully saturated rings. The van der Waals surface area contributed by atoms with Crippen molar-refractivity contribution in [2.75, 3.05) is 58.7 Å². The van der Waals surface area contributed by atoms with E-state index in [2.05, 4.69) is 9.88 Å². The van der Waals surface area contributed by atoms with Crippen molar-refractivity contribution in [1.29, 1.82) is 0 Å².